The molecule has 2 aromatic carbocycles. The molecule has 0 fully saturated rings. The van der Waals surface area contributed by atoms with Gasteiger partial charge in [-0.15, -0.1) is 0 Å². The number of fused-ring (bicyclic) bond motifs is 3. The van der Waals surface area contributed by atoms with Crippen LogP contribution in [0.1, 0.15) is 45.6 Å². The van der Waals surface area contributed by atoms with E-state index in [-0.39, 0.29) is 0 Å². The molecule has 0 radical (unpaired) electrons. The molecule has 1 unspecified atom stereocenters. The Bertz CT molecular complexity index is 643. The van der Waals surface area contributed by atoms with Crippen molar-refractivity contribution in [2.45, 2.75) is 52.6 Å². The second kappa shape index (κ2) is 6.60. The van der Waals surface area contributed by atoms with E-state index >= 15 is 0 Å². The minimum Gasteiger partial charge on any atom is -0.490 e. The van der Waals surface area contributed by atoms with E-state index in [0.29, 0.717) is 6.10 Å². The van der Waals surface area contributed by atoms with E-state index in [9.17, 15) is 0 Å². The number of ether oxygens (including phenoxy) is 1. The first-order valence-corrected chi connectivity index (χ1v) is 8.70. The zero-order chi connectivity index (χ0) is 15.5. The third-order valence-electron chi connectivity index (χ3n) is 4.55. The van der Waals surface area contributed by atoms with Gasteiger partial charge in [-0.25, -0.2) is 0 Å². The number of nitrogens with zero attached hydrogens (tertiary/aromatic N) is 1. The Morgan fingerprint density at radius 2 is 1.86 bits per heavy atom. The predicted octanol–water partition coefficient (Wildman–Crippen LogP) is 5.18. The standard InChI is InChI=1S/C20H27NO/c1-4-12-21(13-5-2)17-8-10-18-16(14-17)7-11-20-19(18)9-6-15(3)22-20/h7-8,10-11,14-15H,4-6,9,12-13H2,1-3H3. The number of hydrogen-bond acceptors (Lipinski definition) is 2. The Hall–Kier alpha value is -1.70. The summed E-state index contributed by atoms with van der Waals surface area (Å²) in [6.45, 7) is 8.91. The largest absolute Gasteiger partial charge is 0.490 e. The Morgan fingerprint density at radius 1 is 1.09 bits per heavy atom. The van der Waals surface area contributed by atoms with Gasteiger partial charge >= 0.3 is 0 Å². The third kappa shape index (κ3) is 2.92. The van der Waals surface area contributed by atoms with Gasteiger partial charge in [0.15, 0.2) is 0 Å². The van der Waals surface area contributed by atoms with Crippen molar-refractivity contribution in [2.24, 2.45) is 0 Å². The molecule has 2 heteroatoms. The monoisotopic (exact) mass is 297 g/mol. The van der Waals surface area contributed by atoms with Crippen molar-refractivity contribution in [1.82, 2.24) is 0 Å². The zero-order valence-corrected chi connectivity index (χ0v) is 14.1. The second-order valence-electron chi connectivity index (χ2n) is 6.40. The van der Waals surface area contributed by atoms with Crippen LogP contribution in [0.2, 0.25) is 0 Å². The fourth-order valence-corrected chi connectivity index (χ4v) is 3.46. The molecule has 2 nitrogen and oxygen atoms in total. The summed E-state index contributed by atoms with van der Waals surface area (Å²) in [6, 6.07) is 11.3. The van der Waals surface area contributed by atoms with Crippen LogP contribution in [0.4, 0.5) is 5.69 Å². The highest BCUT2D eigenvalue weighted by Crippen LogP contribution is 2.35. The summed E-state index contributed by atoms with van der Waals surface area (Å²) < 4.78 is 5.98. The molecular formula is C20H27NO. The van der Waals surface area contributed by atoms with Crippen LogP contribution in [-0.4, -0.2) is 19.2 Å². The summed E-state index contributed by atoms with van der Waals surface area (Å²) in [5.74, 6) is 1.08. The van der Waals surface area contributed by atoms with E-state index < -0.39 is 0 Å². The third-order valence-corrected chi connectivity index (χ3v) is 4.55. The molecule has 0 N–H and O–H groups in total. The normalized spacial score (nSPS) is 17.1. The zero-order valence-electron chi connectivity index (χ0n) is 14.1. The predicted molar refractivity (Wildman–Crippen MR) is 95.2 cm³/mol. The number of anilines is 1. The lowest BCUT2D eigenvalue weighted by atomic mass is 9.96. The SMILES string of the molecule is CCCN(CCC)c1ccc2c3c(ccc2c1)OC(C)CC3. The smallest absolute Gasteiger partial charge is 0.123 e. The summed E-state index contributed by atoms with van der Waals surface area (Å²) >= 11 is 0. The van der Waals surface area contributed by atoms with Crippen molar-refractivity contribution in [3.63, 3.8) is 0 Å². The van der Waals surface area contributed by atoms with Gasteiger partial charge in [-0.1, -0.05) is 26.0 Å². The lowest BCUT2D eigenvalue weighted by molar-refractivity contribution is 0.193. The van der Waals surface area contributed by atoms with Gasteiger partial charge in [0.1, 0.15) is 5.75 Å². The minimum absolute atomic E-state index is 0.342. The quantitative estimate of drug-likeness (QED) is 0.754. The summed E-state index contributed by atoms with van der Waals surface area (Å²) in [7, 11) is 0. The van der Waals surface area contributed by atoms with Crippen LogP contribution in [-0.2, 0) is 6.42 Å². The van der Waals surface area contributed by atoms with Crippen LogP contribution in [0.25, 0.3) is 10.8 Å². The van der Waals surface area contributed by atoms with Gasteiger partial charge in [0.2, 0.25) is 0 Å². The highest BCUT2D eigenvalue weighted by atomic mass is 16.5. The van der Waals surface area contributed by atoms with Crippen LogP contribution in [0.15, 0.2) is 30.3 Å². The van der Waals surface area contributed by atoms with Crippen LogP contribution in [0.3, 0.4) is 0 Å². The molecule has 0 aliphatic carbocycles. The van der Waals surface area contributed by atoms with Gasteiger partial charge in [-0.2, -0.15) is 0 Å². The van der Waals surface area contributed by atoms with Crippen molar-refractivity contribution < 1.29 is 4.74 Å². The first kappa shape index (κ1) is 15.2. The molecule has 0 amide bonds. The topological polar surface area (TPSA) is 12.5 Å². The molecular weight excluding hydrogens is 270 g/mol. The average molecular weight is 297 g/mol. The van der Waals surface area contributed by atoms with Crippen LogP contribution in [0, 0.1) is 0 Å². The van der Waals surface area contributed by atoms with Crippen molar-refractivity contribution in [1.29, 1.82) is 0 Å². The number of hydrogen-bond donors (Lipinski definition) is 0. The molecule has 0 bridgehead atoms. The van der Waals surface area contributed by atoms with E-state index in [2.05, 4.69) is 56.0 Å². The lowest BCUT2D eigenvalue weighted by Gasteiger charge is -2.26. The fraction of sp³-hybridized carbons (Fsp3) is 0.500. The Labute approximate surface area is 134 Å². The molecule has 1 atom stereocenters. The highest BCUT2D eigenvalue weighted by molar-refractivity contribution is 5.90. The van der Waals surface area contributed by atoms with Crippen molar-refractivity contribution in [3.8, 4) is 5.75 Å². The maximum atomic E-state index is 5.98. The Morgan fingerprint density at radius 3 is 2.59 bits per heavy atom. The molecule has 3 rings (SSSR count). The van der Waals surface area contributed by atoms with Gasteiger partial charge < -0.3 is 9.64 Å². The molecule has 118 valence electrons. The van der Waals surface area contributed by atoms with E-state index in [1.807, 2.05) is 0 Å². The van der Waals surface area contributed by atoms with Crippen molar-refractivity contribution in [2.75, 3.05) is 18.0 Å². The maximum Gasteiger partial charge on any atom is 0.123 e. The Kier molecular flexibility index (Phi) is 4.56. The Balaban J connectivity index is 1.99. The van der Waals surface area contributed by atoms with Crippen LogP contribution >= 0.6 is 0 Å². The summed E-state index contributed by atoms with van der Waals surface area (Å²) in [5.41, 5.74) is 2.74. The molecule has 0 aromatic heterocycles. The number of benzene rings is 2. The first-order chi connectivity index (χ1) is 10.7. The van der Waals surface area contributed by atoms with Gasteiger partial charge in [0.25, 0.3) is 0 Å². The fourth-order valence-electron chi connectivity index (χ4n) is 3.46. The van der Waals surface area contributed by atoms with E-state index in [0.717, 1.165) is 31.7 Å². The second-order valence-corrected chi connectivity index (χ2v) is 6.40. The molecule has 1 aliphatic heterocycles. The van der Waals surface area contributed by atoms with Gasteiger partial charge in [-0.3, -0.25) is 0 Å². The number of aryl methyl sites for hydroxylation is 1. The summed E-state index contributed by atoms with van der Waals surface area (Å²) in [6.07, 6.45) is 4.96. The van der Waals surface area contributed by atoms with Crippen molar-refractivity contribution >= 4 is 16.5 Å². The molecule has 22 heavy (non-hydrogen) atoms. The summed E-state index contributed by atoms with van der Waals surface area (Å²) in [5, 5.41) is 2.70. The van der Waals surface area contributed by atoms with Crippen molar-refractivity contribution in [3.05, 3.63) is 35.9 Å². The minimum atomic E-state index is 0.342. The van der Waals surface area contributed by atoms with Crippen LogP contribution < -0.4 is 9.64 Å². The number of rotatable bonds is 5. The molecule has 1 aliphatic rings. The van der Waals surface area contributed by atoms with Gasteiger partial charge in [0.05, 0.1) is 6.10 Å². The highest BCUT2D eigenvalue weighted by Gasteiger charge is 2.18. The van der Waals surface area contributed by atoms with Gasteiger partial charge in [0, 0.05) is 24.3 Å². The molecule has 2 aromatic rings. The van der Waals surface area contributed by atoms with Gasteiger partial charge in [-0.05, 0) is 61.6 Å². The summed E-state index contributed by atoms with van der Waals surface area (Å²) in [4.78, 5) is 2.50. The maximum absolute atomic E-state index is 5.98. The van der Waals surface area contributed by atoms with Crippen LogP contribution in [0.5, 0.6) is 5.75 Å². The molecule has 0 saturated heterocycles. The molecule has 1 heterocycles. The van der Waals surface area contributed by atoms with E-state index in [4.69, 9.17) is 4.74 Å². The molecule has 0 spiro atoms. The lowest BCUT2D eigenvalue weighted by Crippen LogP contribution is -2.24. The first-order valence-electron chi connectivity index (χ1n) is 8.70. The van der Waals surface area contributed by atoms with E-state index in [1.165, 1.54) is 34.9 Å². The average Bonchev–Trinajstić information content (AvgIpc) is 2.53. The molecule has 0 saturated carbocycles. The van der Waals surface area contributed by atoms with E-state index in [1.54, 1.807) is 0 Å².